The molecule has 0 amide bonds. The molecule has 1 aromatic carbocycles. The molecular weight excluding hydrogens is 241 g/mol. The summed E-state index contributed by atoms with van der Waals surface area (Å²) < 4.78 is 63.5. The van der Waals surface area contributed by atoms with Gasteiger partial charge in [0, 0.05) is 17.8 Å². The molecule has 0 aliphatic rings. The molecule has 0 aliphatic carbocycles. The molecule has 17 heavy (non-hydrogen) atoms. The number of rotatable bonds is 1. The first kappa shape index (κ1) is 11.6. The van der Waals surface area contributed by atoms with Gasteiger partial charge in [-0.15, -0.1) is 0 Å². The summed E-state index contributed by atoms with van der Waals surface area (Å²) in [4.78, 5) is 2.33. The number of H-pyrrole nitrogens is 1. The highest BCUT2D eigenvalue weighted by Crippen LogP contribution is 2.36. The summed E-state index contributed by atoms with van der Waals surface area (Å²) in [5, 5.41) is 0. The molecule has 6 heteroatoms. The normalized spacial score (nSPS) is 11.8. The fourth-order valence-electron chi connectivity index (χ4n) is 1.54. The van der Waals surface area contributed by atoms with Crippen LogP contribution in [0.1, 0.15) is 5.56 Å². The minimum Gasteiger partial charge on any atom is -0.361 e. The van der Waals surface area contributed by atoms with Crippen LogP contribution in [0.3, 0.4) is 0 Å². The molecule has 0 saturated carbocycles. The minimum atomic E-state index is -4.57. The molecule has 2 aromatic rings. The van der Waals surface area contributed by atoms with Crippen molar-refractivity contribution in [2.45, 2.75) is 6.18 Å². The Morgan fingerprint density at radius 1 is 0.941 bits per heavy atom. The second-order valence-corrected chi connectivity index (χ2v) is 3.42. The van der Waals surface area contributed by atoms with Gasteiger partial charge >= 0.3 is 6.18 Å². The van der Waals surface area contributed by atoms with E-state index in [-0.39, 0.29) is 11.3 Å². The average molecular weight is 247 g/mol. The number of aromatic nitrogens is 1. The SMILES string of the molecule is Fc1cc(F)cc(-c2[nH]ccc2C(F)(F)F)c1. The zero-order valence-corrected chi connectivity index (χ0v) is 8.28. The summed E-state index contributed by atoms with van der Waals surface area (Å²) in [6.07, 6.45) is -3.50. The van der Waals surface area contributed by atoms with E-state index in [0.29, 0.717) is 6.07 Å². The van der Waals surface area contributed by atoms with Gasteiger partial charge in [-0.05, 0) is 18.2 Å². The Hall–Kier alpha value is -1.85. The van der Waals surface area contributed by atoms with E-state index in [0.717, 1.165) is 24.4 Å². The minimum absolute atomic E-state index is 0.181. The second-order valence-electron chi connectivity index (χ2n) is 3.42. The number of nitrogens with one attached hydrogen (secondary N) is 1. The van der Waals surface area contributed by atoms with Gasteiger partial charge < -0.3 is 4.98 Å². The maximum atomic E-state index is 12.9. The Labute approximate surface area is 92.9 Å². The molecule has 2 rings (SSSR count). The fraction of sp³-hybridized carbons (Fsp3) is 0.0909. The maximum absolute atomic E-state index is 12.9. The van der Waals surface area contributed by atoms with Crippen LogP contribution in [0.2, 0.25) is 0 Å². The van der Waals surface area contributed by atoms with E-state index in [9.17, 15) is 22.0 Å². The van der Waals surface area contributed by atoms with Gasteiger partial charge in [0.2, 0.25) is 0 Å². The van der Waals surface area contributed by atoms with Crippen LogP contribution in [0.5, 0.6) is 0 Å². The van der Waals surface area contributed by atoms with E-state index in [4.69, 9.17) is 0 Å². The number of benzene rings is 1. The molecule has 0 aliphatic heterocycles. The lowest BCUT2D eigenvalue weighted by Crippen LogP contribution is -2.05. The van der Waals surface area contributed by atoms with Crippen LogP contribution in [0.4, 0.5) is 22.0 Å². The topological polar surface area (TPSA) is 15.8 Å². The van der Waals surface area contributed by atoms with Crippen molar-refractivity contribution in [3.05, 3.63) is 47.7 Å². The lowest BCUT2D eigenvalue weighted by Gasteiger charge is -2.08. The van der Waals surface area contributed by atoms with Gasteiger partial charge in [-0.25, -0.2) is 8.78 Å². The van der Waals surface area contributed by atoms with Gasteiger partial charge in [-0.3, -0.25) is 0 Å². The predicted molar refractivity (Wildman–Crippen MR) is 51.1 cm³/mol. The van der Waals surface area contributed by atoms with Gasteiger partial charge in [0.05, 0.1) is 11.3 Å². The van der Waals surface area contributed by atoms with Gasteiger partial charge in [-0.2, -0.15) is 13.2 Å². The molecule has 1 aromatic heterocycles. The molecule has 1 N–H and O–H groups in total. The quantitative estimate of drug-likeness (QED) is 0.733. The van der Waals surface area contributed by atoms with Crippen LogP contribution in [-0.2, 0) is 6.18 Å². The van der Waals surface area contributed by atoms with Gasteiger partial charge in [0.1, 0.15) is 11.6 Å². The van der Waals surface area contributed by atoms with Gasteiger partial charge in [0.25, 0.3) is 0 Å². The molecule has 0 atom stereocenters. The van der Waals surface area contributed by atoms with Crippen LogP contribution < -0.4 is 0 Å². The number of hydrogen-bond acceptors (Lipinski definition) is 0. The first-order valence-electron chi connectivity index (χ1n) is 4.59. The van der Waals surface area contributed by atoms with Crippen molar-refractivity contribution in [3.8, 4) is 11.3 Å². The van der Waals surface area contributed by atoms with Crippen molar-refractivity contribution < 1.29 is 22.0 Å². The van der Waals surface area contributed by atoms with Crippen LogP contribution in [0, 0.1) is 11.6 Å². The monoisotopic (exact) mass is 247 g/mol. The van der Waals surface area contributed by atoms with Crippen LogP contribution in [-0.4, -0.2) is 4.98 Å². The highest BCUT2D eigenvalue weighted by Gasteiger charge is 2.34. The highest BCUT2D eigenvalue weighted by atomic mass is 19.4. The predicted octanol–water partition coefficient (Wildman–Crippen LogP) is 3.98. The molecule has 1 heterocycles. The number of alkyl halides is 3. The second kappa shape index (κ2) is 3.87. The summed E-state index contributed by atoms with van der Waals surface area (Å²) in [7, 11) is 0. The highest BCUT2D eigenvalue weighted by molar-refractivity contribution is 5.64. The van der Waals surface area contributed by atoms with E-state index in [1.807, 2.05) is 0 Å². The molecule has 90 valence electrons. The third-order valence-corrected chi connectivity index (χ3v) is 2.20. The molecule has 0 bridgehead atoms. The fourth-order valence-corrected chi connectivity index (χ4v) is 1.54. The Morgan fingerprint density at radius 2 is 1.53 bits per heavy atom. The molecule has 0 fully saturated rings. The van der Waals surface area contributed by atoms with Crippen molar-refractivity contribution in [1.29, 1.82) is 0 Å². The lowest BCUT2D eigenvalue weighted by atomic mass is 10.1. The lowest BCUT2D eigenvalue weighted by molar-refractivity contribution is -0.137. The van der Waals surface area contributed by atoms with Crippen molar-refractivity contribution in [3.63, 3.8) is 0 Å². The molecule has 0 unspecified atom stereocenters. The number of aromatic amines is 1. The summed E-state index contributed by atoms with van der Waals surface area (Å²) in [6, 6.07) is 3.09. The van der Waals surface area contributed by atoms with Crippen LogP contribution in [0.25, 0.3) is 11.3 Å². The average Bonchev–Trinajstić information content (AvgIpc) is 2.63. The van der Waals surface area contributed by atoms with E-state index < -0.39 is 23.4 Å². The zero-order valence-electron chi connectivity index (χ0n) is 8.28. The Balaban J connectivity index is 2.57. The molecule has 1 nitrogen and oxygen atoms in total. The molecule has 0 spiro atoms. The Kier molecular flexibility index (Phi) is 2.65. The standard InChI is InChI=1S/C11H6F5N/c12-7-3-6(4-8(13)5-7)10-9(1-2-17-10)11(14,15)16/h1-5,17H. The summed E-state index contributed by atoms with van der Waals surface area (Å²) in [6.45, 7) is 0. The van der Waals surface area contributed by atoms with Crippen LogP contribution >= 0.6 is 0 Å². The number of hydrogen-bond donors (Lipinski definition) is 1. The van der Waals surface area contributed by atoms with E-state index in [2.05, 4.69) is 4.98 Å². The maximum Gasteiger partial charge on any atom is 0.418 e. The number of halogens is 5. The smallest absolute Gasteiger partial charge is 0.361 e. The van der Waals surface area contributed by atoms with Crippen molar-refractivity contribution in [2.75, 3.05) is 0 Å². The van der Waals surface area contributed by atoms with Gasteiger partial charge in [0.15, 0.2) is 0 Å². The van der Waals surface area contributed by atoms with Crippen molar-refractivity contribution >= 4 is 0 Å². The Morgan fingerprint density at radius 3 is 2.06 bits per heavy atom. The summed E-state index contributed by atoms with van der Waals surface area (Å²) >= 11 is 0. The van der Waals surface area contributed by atoms with E-state index >= 15 is 0 Å². The first-order chi connectivity index (χ1) is 7.88. The third kappa shape index (κ3) is 2.30. The summed E-state index contributed by atoms with van der Waals surface area (Å²) in [5.41, 5.74) is -1.49. The van der Waals surface area contributed by atoms with Crippen molar-refractivity contribution in [2.24, 2.45) is 0 Å². The molecule has 0 saturated heterocycles. The zero-order chi connectivity index (χ0) is 12.6. The van der Waals surface area contributed by atoms with Crippen LogP contribution in [0.15, 0.2) is 30.5 Å². The molecule has 0 radical (unpaired) electrons. The molecular formula is C11H6F5N. The summed E-state index contributed by atoms with van der Waals surface area (Å²) in [5.74, 6) is -1.86. The van der Waals surface area contributed by atoms with Gasteiger partial charge in [-0.1, -0.05) is 0 Å². The first-order valence-corrected chi connectivity index (χ1v) is 4.59. The Bertz CT molecular complexity index is 521. The van der Waals surface area contributed by atoms with Crippen molar-refractivity contribution in [1.82, 2.24) is 4.98 Å². The van der Waals surface area contributed by atoms with E-state index in [1.54, 1.807) is 0 Å². The largest absolute Gasteiger partial charge is 0.418 e. The van der Waals surface area contributed by atoms with E-state index in [1.165, 1.54) is 0 Å². The third-order valence-electron chi connectivity index (χ3n) is 2.20.